The molecule has 1 saturated heterocycles. The van der Waals surface area contributed by atoms with Gasteiger partial charge in [-0.15, -0.1) is 11.3 Å². The average Bonchev–Trinajstić information content (AvgIpc) is 3.21. The standard InChI is InChI=1S/C24H37N3O5S/c1-24(2,3)32-23(30)27-13-11-15(12-14-27)5-10-18-19(33-21(26-18)20(25)28)16-6-8-17(9-7-16)22(29)31-4/h15-17H,5-14H2,1-4H3,(H2,25,28)/t16-,17-. The van der Waals surface area contributed by atoms with Gasteiger partial charge < -0.3 is 20.1 Å². The molecule has 1 saturated carbocycles. The molecule has 33 heavy (non-hydrogen) atoms. The highest BCUT2D eigenvalue weighted by atomic mass is 32.1. The second kappa shape index (κ2) is 10.8. The number of thiazole rings is 1. The van der Waals surface area contributed by atoms with Gasteiger partial charge in [0.15, 0.2) is 5.01 Å². The minimum Gasteiger partial charge on any atom is -0.469 e. The number of amides is 2. The summed E-state index contributed by atoms with van der Waals surface area (Å²) in [6.45, 7) is 7.04. The smallest absolute Gasteiger partial charge is 0.410 e. The molecule has 1 aromatic heterocycles. The van der Waals surface area contributed by atoms with Gasteiger partial charge in [0.05, 0.1) is 18.7 Å². The molecule has 2 heterocycles. The molecular weight excluding hydrogens is 442 g/mol. The van der Waals surface area contributed by atoms with Crippen molar-refractivity contribution in [1.82, 2.24) is 9.88 Å². The number of primary amides is 1. The molecule has 2 aliphatic rings. The van der Waals surface area contributed by atoms with Crippen molar-refractivity contribution in [3.8, 4) is 0 Å². The minimum atomic E-state index is -0.485. The summed E-state index contributed by atoms with van der Waals surface area (Å²) in [5, 5.41) is 0.370. The number of hydrogen-bond acceptors (Lipinski definition) is 7. The fraction of sp³-hybridized carbons (Fsp3) is 0.750. The molecule has 0 aromatic carbocycles. The molecule has 0 bridgehead atoms. The molecule has 0 radical (unpaired) electrons. The van der Waals surface area contributed by atoms with Gasteiger partial charge in [-0.25, -0.2) is 9.78 Å². The molecule has 1 aliphatic carbocycles. The summed E-state index contributed by atoms with van der Waals surface area (Å²) in [5.74, 6) is 0.161. The Hall–Kier alpha value is -2.16. The zero-order chi connectivity index (χ0) is 24.2. The maximum absolute atomic E-state index is 12.3. The summed E-state index contributed by atoms with van der Waals surface area (Å²) >= 11 is 1.41. The van der Waals surface area contributed by atoms with E-state index in [9.17, 15) is 14.4 Å². The molecule has 1 aliphatic heterocycles. The minimum absolute atomic E-state index is 0.0339. The van der Waals surface area contributed by atoms with E-state index in [1.807, 2.05) is 20.8 Å². The van der Waals surface area contributed by atoms with Gasteiger partial charge in [-0.1, -0.05) is 0 Å². The SMILES string of the molecule is COC(=O)[C@H]1CC[C@H](c2sc(C(N)=O)nc2CCC2CCN(C(=O)OC(C)(C)C)CC2)CC1. The first-order chi connectivity index (χ1) is 15.6. The Labute approximate surface area is 200 Å². The van der Waals surface area contributed by atoms with Crippen LogP contribution in [0.25, 0.3) is 0 Å². The number of hydrogen-bond donors (Lipinski definition) is 1. The van der Waals surface area contributed by atoms with E-state index in [1.165, 1.54) is 18.4 Å². The maximum Gasteiger partial charge on any atom is 0.410 e. The zero-order valence-corrected chi connectivity index (χ0v) is 21.0. The molecule has 0 atom stereocenters. The Morgan fingerprint density at radius 2 is 1.73 bits per heavy atom. The van der Waals surface area contributed by atoms with Crippen molar-refractivity contribution in [3.63, 3.8) is 0 Å². The lowest BCUT2D eigenvalue weighted by atomic mass is 9.80. The van der Waals surface area contributed by atoms with E-state index in [2.05, 4.69) is 4.98 Å². The highest BCUT2D eigenvalue weighted by Gasteiger charge is 2.32. The monoisotopic (exact) mass is 479 g/mol. The fourth-order valence-electron chi connectivity index (χ4n) is 4.80. The quantitative estimate of drug-likeness (QED) is 0.610. The number of esters is 1. The first kappa shape index (κ1) is 25.5. The van der Waals surface area contributed by atoms with Crippen molar-refractivity contribution in [3.05, 3.63) is 15.6 Å². The Kier molecular flexibility index (Phi) is 8.37. The Balaban J connectivity index is 1.56. The van der Waals surface area contributed by atoms with Crippen molar-refractivity contribution < 1.29 is 23.9 Å². The molecule has 2 amide bonds. The molecule has 0 spiro atoms. The van der Waals surface area contributed by atoms with Crippen molar-refractivity contribution >= 4 is 29.3 Å². The molecule has 9 heteroatoms. The van der Waals surface area contributed by atoms with Gasteiger partial charge in [0.1, 0.15) is 5.60 Å². The Morgan fingerprint density at radius 3 is 2.27 bits per heavy atom. The van der Waals surface area contributed by atoms with Crippen LogP contribution in [-0.2, 0) is 20.7 Å². The van der Waals surface area contributed by atoms with E-state index < -0.39 is 11.5 Å². The highest BCUT2D eigenvalue weighted by molar-refractivity contribution is 7.13. The Morgan fingerprint density at radius 1 is 1.09 bits per heavy atom. The molecule has 1 aromatic rings. The van der Waals surface area contributed by atoms with E-state index in [1.54, 1.807) is 4.90 Å². The van der Waals surface area contributed by atoms with Gasteiger partial charge in [0, 0.05) is 18.0 Å². The van der Waals surface area contributed by atoms with Crippen molar-refractivity contribution in [2.75, 3.05) is 20.2 Å². The second-order valence-corrected chi connectivity index (χ2v) is 11.2. The molecule has 8 nitrogen and oxygen atoms in total. The van der Waals surface area contributed by atoms with Gasteiger partial charge >= 0.3 is 12.1 Å². The van der Waals surface area contributed by atoms with E-state index >= 15 is 0 Å². The fourth-order valence-corrected chi connectivity index (χ4v) is 5.93. The molecule has 2 N–H and O–H groups in total. The van der Waals surface area contributed by atoms with E-state index in [-0.39, 0.29) is 18.0 Å². The second-order valence-electron chi connectivity index (χ2n) is 10.2. The molecule has 0 unspecified atom stereocenters. The van der Waals surface area contributed by atoms with E-state index in [0.717, 1.165) is 61.9 Å². The first-order valence-electron chi connectivity index (χ1n) is 11.9. The average molecular weight is 480 g/mol. The van der Waals surface area contributed by atoms with Gasteiger partial charge in [0.2, 0.25) is 0 Å². The van der Waals surface area contributed by atoms with Crippen LogP contribution in [0.1, 0.15) is 92.0 Å². The van der Waals surface area contributed by atoms with Gasteiger partial charge in [-0.3, -0.25) is 9.59 Å². The molecule has 184 valence electrons. The number of nitrogens with zero attached hydrogens (tertiary/aromatic N) is 2. The molecule has 3 rings (SSSR count). The predicted octanol–water partition coefficient (Wildman–Crippen LogP) is 4.27. The summed E-state index contributed by atoms with van der Waals surface area (Å²) in [4.78, 5) is 43.5. The number of rotatable bonds is 6. The highest BCUT2D eigenvalue weighted by Crippen LogP contribution is 2.41. The van der Waals surface area contributed by atoms with E-state index in [0.29, 0.717) is 29.9 Å². The zero-order valence-electron chi connectivity index (χ0n) is 20.2. The van der Waals surface area contributed by atoms with Crippen LogP contribution in [0.3, 0.4) is 0 Å². The number of likely N-dealkylation sites (tertiary alicyclic amines) is 1. The normalized spacial score (nSPS) is 22.1. The van der Waals surface area contributed by atoms with Crippen LogP contribution in [0.15, 0.2) is 0 Å². The van der Waals surface area contributed by atoms with E-state index in [4.69, 9.17) is 15.2 Å². The lowest BCUT2D eigenvalue weighted by Gasteiger charge is -2.33. The number of aryl methyl sites for hydroxylation is 1. The van der Waals surface area contributed by atoms with Crippen LogP contribution in [0, 0.1) is 11.8 Å². The van der Waals surface area contributed by atoms with Crippen molar-refractivity contribution in [2.24, 2.45) is 17.6 Å². The summed E-state index contributed by atoms with van der Waals surface area (Å²) in [7, 11) is 1.44. The third-order valence-electron chi connectivity index (χ3n) is 6.63. The number of ether oxygens (including phenoxy) is 2. The number of methoxy groups -OCH3 is 1. The number of piperidine rings is 1. The van der Waals surface area contributed by atoms with Crippen LogP contribution in [0.2, 0.25) is 0 Å². The molecular formula is C24H37N3O5S. The van der Waals surface area contributed by atoms with Gasteiger partial charge in [-0.2, -0.15) is 0 Å². The van der Waals surface area contributed by atoms with Crippen LogP contribution in [-0.4, -0.2) is 53.7 Å². The topological polar surface area (TPSA) is 112 Å². The summed E-state index contributed by atoms with van der Waals surface area (Å²) < 4.78 is 10.4. The third-order valence-corrected chi connectivity index (χ3v) is 7.90. The number of aromatic nitrogens is 1. The molecule has 2 fully saturated rings. The summed E-state index contributed by atoms with van der Waals surface area (Å²) in [6, 6.07) is 0. The van der Waals surface area contributed by atoms with Crippen molar-refractivity contribution in [1.29, 1.82) is 0 Å². The van der Waals surface area contributed by atoms with Crippen molar-refractivity contribution in [2.45, 2.75) is 83.7 Å². The van der Waals surface area contributed by atoms with Gasteiger partial charge in [-0.05, 0) is 84.0 Å². The lowest BCUT2D eigenvalue weighted by Crippen LogP contribution is -2.41. The maximum atomic E-state index is 12.3. The Bertz CT molecular complexity index is 847. The third kappa shape index (κ3) is 6.91. The van der Waals surface area contributed by atoms with Crippen LogP contribution >= 0.6 is 11.3 Å². The number of carbonyl (C=O) groups excluding carboxylic acids is 3. The van der Waals surface area contributed by atoms with Crippen LogP contribution in [0.4, 0.5) is 4.79 Å². The lowest BCUT2D eigenvalue weighted by molar-refractivity contribution is -0.146. The largest absolute Gasteiger partial charge is 0.469 e. The van der Waals surface area contributed by atoms with Crippen LogP contribution < -0.4 is 5.73 Å². The summed E-state index contributed by atoms with van der Waals surface area (Å²) in [6.07, 6.45) is 6.77. The predicted molar refractivity (Wildman–Crippen MR) is 126 cm³/mol. The number of carbonyl (C=O) groups is 3. The summed E-state index contributed by atoms with van der Waals surface area (Å²) in [5.41, 5.74) is 6.02. The number of nitrogens with two attached hydrogens (primary N) is 1. The first-order valence-corrected chi connectivity index (χ1v) is 12.7. The van der Waals surface area contributed by atoms with Gasteiger partial charge in [0.25, 0.3) is 5.91 Å². The van der Waals surface area contributed by atoms with Crippen LogP contribution in [0.5, 0.6) is 0 Å².